The molecule has 4 nitrogen and oxygen atoms in total. The van der Waals surface area contributed by atoms with E-state index >= 15 is 0 Å². The summed E-state index contributed by atoms with van der Waals surface area (Å²) in [5, 5.41) is 8.81. The van der Waals surface area contributed by atoms with E-state index in [0.29, 0.717) is 5.52 Å². The zero-order valence-corrected chi connectivity index (χ0v) is 8.41. The van der Waals surface area contributed by atoms with Crippen molar-refractivity contribution in [2.45, 2.75) is 6.61 Å². The van der Waals surface area contributed by atoms with E-state index < -0.39 is 12.0 Å². The van der Waals surface area contributed by atoms with Gasteiger partial charge in [0, 0.05) is 11.7 Å². The summed E-state index contributed by atoms with van der Waals surface area (Å²) in [5.41, 5.74) is -0.136. The van der Waals surface area contributed by atoms with E-state index in [4.69, 9.17) is 5.26 Å². The van der Waals surface area contributed by atoms with Crippen molar-refractivity contribution in [3.8, 4) is 11.8 Å². The fourth-order valence-electron chi connectivity index (χ4n) is 1.46. The maximum atomic E-state index is 12.0. The number of fused-ring (bicyclic) bond motifs is 1. The molecule has 1 N–H and O–H groups in total. The third-order valence-electron chi connectivity index (χ3n) is 2.20. The van der Waals surface area contributed by atoms with Crippen LogP contribution in [0.5, 0.6) is 5.75 Å². The SMILES string of the molecule is N#Cc1c[nH]c2ccc(OC(F)F)cc2c1=O. The molecule has 0 aliphatic rings. The Bertz CT molecular complexity index is 659. The molecule has 2 rings (SSSR count). The molecular weight excluding hydrogens is 230 g/mol. The van der Waals surface area contributed by atoms with E-state index in [-0.39, 0.29) is 16.7 Å². The van der Waals surface area contributed by atoms with Crippen LogP contribution in [-0.4, -0.2) is 11.6 Å². The van der Waals surface area contributed by atoms with Crippen LogP contribution in [0.15, 0.2) is 29.2 Å². The van der Waals surface area contributed by atoms with Crippen molar-refractivity contribution in [1.29, 1.82) is 5.26 Å². The molecule has 6 heteroatoms. The number of ether oxygens (including phenoxy) is 1. The molecule has 0 saturated heterocycles. The standard InChI is InChI=1S/C11H6F2N2O2/c12-11(13)17-7-1-2-9-8(3-7)10(16)6(4-14)5-15-9/h1-3,5,11H,(H,15,16). The molecule has 0 aliphatic carbocycles. The number of rotatable bonds is 2. The van der Waals surface area contributed by atoms with Gasteiger partial charge in [0.05, 0.1) is 5.39 Å². The van der Waals surface area contributed by atoms with Gasteiger partial charge in [-0.25, -0.2) is 0 Å². The van der Waals surface area contributed by atoms with Crippen molar-refractivity contribution >= 4 is 10.9 Å². The van der Waals surface area contributed by atoms with Crippen LogP contribution < -0.4 is 10.2 Å². The molecular formula is C11H6F2N2O2. The Morgan fingerprint density at radius 3 is 2.82 bits per heavy atom. The lowest BCUT2D eigenvalue weighted by atomic mass is 10.1. The minimum absolute atomic E-state index is 0.0771. The summed E-state index contributed by atoms with van der Waals surface area (Å²) >= 11 is 0. The summed E-state index contributed by atoms with van der Waals surface area (Å²) in [6.45, 7) is -2.95. The minimum atomic E-state index is -2.95. The first kappa shape index (κ1) is 11.1. The molecule has 0 aliphatic heterocycles. The molecule has 0 spiro atoms. The number of aromatic nitrogens is 1. The third kappa shape index (κ3) is 2.08. The number of nitriles is 1. The van der Waals surface area contributed by atoms with Gasteiger partial charge in [0.25, 0.3) is 0 Å². The van der Waals surface area contributed by atoms with Gasteiger partial charge in [0.15, 0.2) is 0 Å². The number of nitrogens with zero attached hydrogens (tertiary/aromatic N) is 1. The van der Waals surface area contributed by atoms with Crippen LogP contribution in [0.1, 0.15) is 5.56 Å². The highest BCUT2D eigenvalue weighted by Crippen LogP contribution is 2.18. The summed E-state index contributed by atoms with van der Waals surface area (Å²) in [6.07, 6.45) is 1.28. The van der Waals surface area contributed by atoms with Crippen LogP contribution >= 0.6 is 0 Å². The van der Waals surface area contributed by atoms with E-state index in [1.165, 1.54) is 24.4 Å². The lowest BCUT2D eigenvalue weighted by Crippen LogP contribution is -2.08. The number of aromatic amines is 1. The molecule has 2 aromatic rings. The van der Waals surface area contributed by atoms with Crippen molar-refractivity contribution in [3.63, 3.8) is 0 Å². The molecule has 1 aromatic carbocycles. The highest BCUT2D eigenvalue weighted by atomic mass is 19.3. The van der Waals surface area contributed by atoms with Gasteiger partial charge in [-0.3, -0.25) is 4.79 Å². The first-order valence-electron chi connectivity index (χ1n) is 4.62. The van der Waals surface area contributed by atoms with Gasteiger partial charge in [-0.2, -0.15) is 14.0 Å². The average Bonchev–Trinajstić information content (AvgIpc) is 2.29. The average molecular weight is 236 g/mol. The molecule has 1 aromatic heterocycles. The second kappa shape index (κ2) is 4.22. The van der Waals surface area contributed by atoms with Gasteiger partial charge in [-0.05, 0) is 18.2 Å². The molecule has 17 heavy (non-hydrogen) atoms. The first-order chi connectivity index (χ1) is 8.11. The number of hydrogen-bond acceptors (Lipinski definition) is 3. The molecule has 0 atom stereocenters. The summed E-state index contributed by atoms with van der Waals surface area (Å²) < 4.78 is 28.2. The molecule has 0 radical (unpaired) electrons. The Morgan fingerprint density at radius 1 is 1.41 bits per heavy atom. The molecule has 86 valence electrons. The Hall–Kier alpha value is -2.42. The van der Waals surface area contributed by atoms with Crippen LogP contribution in [0, 0.1) is 11.3 Å². The number of halogens is 2. The van der Waals surface area contributed by atoms with E-state index in [0.717, 1.165) is 0 Å². The zero-order valence-electron chi connectivity index (χ0n) is 8.41. The molecule has 0 bridgehead atoms. The quantitative estimate of drug-likeness (QED) is 0.867. The summed E-state index contributed by atoms with van der Waals surface area (Å²) in [4.78, 5) is 14.4. The van der Waals surface area contributed by atoms with Crippen molar-refractivity contribution in [2.24, 2.45) is 0 Å². The Morgan fingerprint density at radius 2 is 2.18 bits per heavy atom. The van der Waals surface area contributed by atoms with E-state index in [1.54, 1.807) is 6.07 Å². The normalized spacial score (nSPS) is 10.5. The smallest absolute Gasteiger partial charge is 0.387 e. The van der Waals surface area contributed by atoms with Crippen LogP contribution in [0.3, 0.4) is 0 Å². The summed E-state index contributed by atoms with van der Waals surface area (Å²) in [5.74, 6) is -0.118. The lowest BCUT2D eigenvalue weighted by molar-refractivity contribution is -0.0497. The molecule has 0 unspecified atom stereocenters. The predicted molar refractivity (Wildman–Crippen MR) is 55.9 cm³/mol. The Balaban J connectivity index is 2.63. The number of nitrogens with one attached hydrogen (secondary N) is 1. The van der Waals surface area contributed by atoms with E-state index in [2.05, 4.69) is 9.72 Å². The molecule has 0 amide bonds. The maximum absolute atomic E-state index is 12.0. The van der Waals surface area contributed by atoms with Gasteiger partial charge in [0.1, 0.15) is 17.4 Å². The maximum Gasteiger partial charge on any atom is 0.387 e. The number of alkyl halides is 2. The van der Waals surface area contributed by atoms with Crippen LogP contribution in [-0.2, 0) is 0 Å². The van der Waals surface area contributed by atoms with Gasteiger partial charge in [0.2, 0.25) is 5.43 Å². The second-order valence-corrected chi connectivity index (χ2v) is 3.23. The number of hydrogen-bond donors (Lipinski definition) is 1. The second-order valence-electron chi connectivity index (χ2n) is 3.23. The monoisotopic (exact) mass is 236 g/mol. The third-order valence-corrected chi connectivity index (χ3v) is 2.20. The fourth-order valence-corrected chi connectivity index (χ4v) is 1.46. The highest BCUT2D eigenvalue weighted by Gasteiger charge is 2.08. The van der Waals surface area contributed by atoms with Crippen molar-refractivity contribution in [2.75, 3.05) is 0 Å². The van der Waals surface area contributed by atoms with Gasteiger partial charge in [-0.15, -0.1) is 0 Å². The van der Waals surface area contributed by atoms with Crippen LogP contribution in [0.2, 0.25) is 0 Å². The minimum Gasteiger partial charge on any atom is -0.435 e. The number of pyridine rings is 1. The molecule has 0 fully saturated rings. The van der Waals surface area contributed by atoms with Crippen molar-refractivity contribution < 1.29 is 13.5 Å². The molecule has 0 saturated carbocycles. The van der Waals surface area contributed by atoms with Crippen molar-refractivity contribution in [3.05, 3.63) is 40.2 Å². The van der Waals surface area contributed by atoms with E-state index in [9.17, 15) is 13.6 Å². The fraction of sp³-hybridized carbons (Fsp3) is 0.0909. The Kier molecular flexibility index (Phi) is 2.75. The van der Waals surface area contributed by atoms with Gasteiger partial charge in [-0.1, -0.05) is 0 Å². The Labute approximate surface area is 94.1 Å². The summed E-state index contributed by atoms with van der Waals surface area (Å²) in [7, 11) is 0. The van der Waals surface area contributed by atoms with Gasteiger partial charge >= 0.3 is 6.61 Å². The van der Waals surface area contributed by atoms with Crippen molar-refractivity contribution in [1.82, 2.24) is 4.98 Å². The van der Waals surface area contributed by atoms with E-state index in [1.807, 2.05) is 0 Å². The molecule has 1 heterocycles. The van der Waals surface area contributed by atoms with Crippen LogP contribution in [0.4, 0.5) is 8.78 Å². The predicted octanol–water partition coefficient (Wildman–Crippen LogP) is 2.00. The zero-order chi connectivity index (χ0) is 12.4. The number of H-pyrrole nitrogens is 1. The van der Waals surface area contributed by atoms with Gasteiger partial charge < -0.3 is 9.72 Å². The lowest BCUT2D eigenvalue weighted by Gasteiger charge is -2.05. The summed E-state index contributed by atoms with van der Waals surface area (Å²) in [6, 6.07) is 5.65. The van der Waals surface area contributed by atoms with Crippen LogP contribution in [0.25, 0.3) is 10.9 Å². The number of benzene rings is 1. The first-order valence-corrected chi connectivity index (χ1v) is 4.62. The largest absolute Gasteiger partial charge is 0.435 e. The highest BCUT2D eigenvalue weighted by molar-refractivity contribution is 5.80. The topological polar surface area (TPSA) is 65.9 Å².